The molecule has 108 valence electrons. The first kappa shape index (κ1) is 17.4. The molecule has 2 N–H and O–H groups in total. The summed E-state index contributed by atoms with van der Waals surface area (Å²) in [7, 11) is 0. The van der Waals surface area contributed by atoms with E-state index in [0.29, 0.717) is 24.7 Å². The fourth-order valence-electron chi connectivity index (χ4n) is 1.91. The molecule has 0 fully saturated rings. The second-order valence-electron chi connectivity index (χ2n) is 5.47. The van der Waals surface area contributed by atoms with E-state index in [2.05, 4.69) is 57.1 Å². The Morgan fingerprint density at radius 2 is 1.67 bits per heavy atom. The van der Waals surface area contributed by atoms with Crippen LogP contribution in [0.1, 0.15) is 48.0 Å². The van der Waals surface area contributed by atoms with Gasteiger partial charge in [-0.2, -0.15) is 0 Å². The van der Waals surface area contributed by atoms with Crippen LogP contribution in [0.25, 0.3) is 0 Å². The number of hydrogen-bond acceptors (Lipinski definition) is 3. The van der Waals surface area contributed by atoms with Gasteiger partial charge in [0, 0.05) is 31.2 Å². The summed E-state index contributed by atoms with van der Waals surface area (Å²) < 4.78 is 0. The van der Waals surface area contributed by atoms with Gasteiger partial charge in [-0.3, -0.25) is 9.69 Å². The summed E-state index contributed by atoms with van der Waals surface area (Å²) in [5.41, 5.74) is 0. The summed E-state index contributed by atoms with van der Waals surface area (Å²) >= 11 is 0. The molecule has 18 heavy (non-hydrogen) atoms. The van der Waals surface area contributed by atoms with Crippen LogP contribution in [-0.4, -0.2) is 48.6 Å². The number of nitrogens with one attached hydrogen (secondary N) is 2. The molecule has 1 unspecified atom stereocenters. The first-order valence-corrected chi connectivity index (χ1v) is 7.14. The van der Waals surface area contributed by atoms with Gasteiger partial charge in [-0.1, -0.05) is 6.92 Å². The standard InChI is InChI=1S/C14H31N3O/c1-7-13(6)16-10-14(18)15-8-9-17(11(2)3)12(4)5/h11-13,16H,7-10H2,1-6H3,(H,15,18). The van der Waals surface area contributed by atoms with Crippen LogP contribution in [0.5, 0.6) is 0 Å². The van der Waals surface area contributed by atoms with Gasteiger partial charge in [0.2, 0.25) is 5.91 Å². The van der Waals surface area contributed by atoms with Crippen molar-refractivity contribution >= 4 is 5.91 Å². The Bertz CT molecular complexity index is 221. The molecule has 0 aromatic heterocycles. The molecule has 0 aromatic carbocycles. The summed E-state index contributed by atoms with van der Waals surface area (Å²) in [4.78, 5) is 14.0. The Kier molecular flexibility index (Phi) is 9.02. The van der Waals surface area contributed by atoms with E-state index < -0.39 is 0 Å². The first-order chi connectivity index (χ1) is 8.38. The topological polar surface area (TPSA) is 44.4 Å². The molecule has 0 radical (unpaired) electrons. The van der Waals surface area contributed by atoms with Crippen LogP contribution < -0.4 is 10.6 Å². The molecule has 4 heteroatoms. The van der Waals surface area contributed by atoms with Crippen molar-refractivity contribution in [3.63, 3.8) is 0 Å². The molecule has 0 aliphatic heterocycles. The van der Waals surface area contributed by atoms with E-state index in [9.17, 15) is 4.79 Å². The predicted octanol–water partition coefficient (Wildman–Crippen LogP) is 1.61. The average Bonchev–Trinajstić information content (AvgIpc) is 2.30. The summed E-state index contributed by atoms with van der Waals surface area (Å²) in [6, 6.07) is 1.43. The van der Waals surface area contributed by atoms with Gasteiger partial charge < -0.3 is 10.6 Å². The van der Waals surface area contributed by atoms with Crippen molar-refractivity contribution in [3.05, 3.63) is 0 Å². The van der Waals surface area contributed by atoms with Gasteiger partial charge in [-0.25, -0.2) is 0 Å². The van der Waals surface area contributed by atoms with Crippen LogP contribution in [-0.2, 0) is 4.79 Å². The Balaban J connectivity index is 3.79. The van der Waals surface area contributed by atoms with Crippen molar-refractivity contribution in [2.75, 3.05) is 19.6 Å². The summed E-state index contributed by atoms with van der Waals surface area (Å²) in [5, 5.41) is 6.15. The minimum absolute atomic E-state index is 0.0859. The van der Waals surface area contributed by atoms with E-state index in [0.717, 1.165) is 19.5 Å². The maximum atomic E-state index is 11.6. The second-order valence-corrected chi connectivity index (χ2v) is 5.47. The molecule has 0 saturated heterocycles. The van der Waals surface area contributed by atoms with E-state index in [1.165, 1.54) is 0 Å². The van der Waals surface area contributed by atoms with Gasteiger partial charge in [-0.15, -0.1) is 0 Å². The Morgan fingerprint density at radius 3 is 2.11 bits per heavy atom. The third kappa shape index (κ3) is 7.67. The quantitative estimate of drug-likeness (QED) is 0.659. The minimum atomic E-state index is 0.0859. The largest absolute Gasteiger partial charge is 0.354 e. The molecule has 0 aliphatic carbocycles. The monoisotopic (exact) mass is 257 g/mol. The summed E-state index contributed by atoms with van der Waals surface area (Å²) in [5.74, 6) is 0.0859. The highest BCUT2D eigenvalue weighted by molar-refractivity contribution is 5.77. The van der Waals surface area contributed by atoms with Crippen LogP contribution >= 0.6 is 0 Å². The normalized spacial score (nSPS) is 13.4. The van der Waals surface area contributed by atoms with Gasteiger partial charge in [-0.05, 0) is 41.0 Å². The van der Waals surface area contributed by atoms with Crippen molar-refractivity contribution in [1.29, 1.82) is 0 Å². The summed E-state index contributed by atoms with van der Waals surface area (Å²) in [6.45, 7) is 15.0. The number of rotatable bonds is 9. The van der Waals surface area contributed by atoms with E-state index in [4.69, 9.17) is 0 Å². The lowest BCUT2D eigenvalue weighted by Gasteiger charge is -2.30. The lowest BCUT2D eigenvalue weighted by Crippen LogP contribution is -2.44. The van der Waals surface area contributed by atoms with Crippen LogP contribution in [0, 0.1) is 0 Å². The van der Waals surface area contributed by atoms with E-state index in [-0.39, 0.29) is 5.91 Å². The molecule has 0 bridgehead atoms. The maximum absolute atomic E-state index is 11.6. The van der Waals surface area contributed by atoms with Gasteiger partial charge in [0.15, 0.2) is 0 Å². The lowest BCUT2D eigenvalue weighted by atomic mass is 10.2. The van der Waals surface area contributed by atoms with Gasteiger partial charge in [0.05, 0.1) is 6.54 Å². The zero-order valence-corrected chi connectivity index (χ0v) is 12.9. The number of hydrogen-bond donors (Lipinski definition) is 2. The fourth-order valence-corrected chi connectivity index (χ4v) is 1.91. The van der Waals surface area contributed by atoms with Crippen LogP contribution in [0.3, 0.4) is 0 Å². The second kappa shape index (κ2) is 9.34. The SMILES string of the molecule is CCC(C)NCC(=O)NCCN(C(C)C)C(C)C. The van der Waals surface area contributed by atoms with E-state index >= 15 is 0 Å². The van der Waals surface area contributed by atoms with Crippen molar-refractivity contribution in [2.45, 2.75) is 66.1 Å². The van der Waals surface area contributed by atoms with Crippen molar-refractivity contribution < 1.29 is 4.79 Å². The van der Waals surface area contributed by atoms with Crippen molar-refractivity contribution in [3.8, 4) is 0 Å². The smallest absolute Gasteiger partial charge is 0.234 e. The number of amides is 1. The number of carbonyl (C=O) groups is 1. The lowest BCUT2D eigenvalue weighted by molar-refractivity contribution is -0.120. The molecule has 0 rings (SSSR count). The molecule has 1 atom stereocenters. The van der Waals surface area contributed by atoms with Gasteiger partial charge >= 0.3 is 0 Å². The predicted molar refractivity (Wildman–Crippen MR) is 77.7 cm³/mol. The number of nitrogens with zero attached hydrogens (tertiary/aromatic N) is 1. The Morgan fingerprint density at radius 1 is 1.11 bits per heavy atom. The molecule has 1 amide bonds. The third-order valence-corrected chi connectivity index (χ3v) is 3.24. The van der Waals surface area contributed by atoms with E-state index in [1.54, 1.807) is 0 Å². The average molecular weight is 257 g/mol. The Labute approximate surface area is 113 Å². The number of carbonyl (C=O) groups excluding carboxylic acids is 1. The molecule has 0 heterocycles. The highest BCUT2D eigenvalue weighted by Crippen LogP contribution is 2.03. The maximum Gasteiger partial charge on any atom is 0.234 e. The highest BCUT2D eigenvalue weighted by Gasteiger charge is 2.13. The zero-order chi connectivity index (χ0) is 14.1. The molecular formula is C14H31N3O. The van der Waals surface area contributed by atoms with Crippen LogP contribution in [0.2, 0.25) is 0 Å². The van der Waals surface area contributed by atoms with Gasteiger partial charge in [0.25, 0.3) is 0 Å². The fraction of sp³-hybridized carbons (Fsp3) is 0.929. The van der Waals surface area contributed by atoms with Crippen molar-refractivity contribution in [2.24, 2.45) is 0 Å². The molecule has 0 aliphatic rings. The molecule has 0 saturated carbocycles. The molecule has 0 aromatic rings. The third-order valence-electron chi connectivity index (χ3n) is 3.24. The van der Waals surface area contributed by atoms with Crippen LogP contribution in [0.4, 0.5) is 0 Å². The molecule has 4 nitrogen and oxygen atoms in total. The molecule has 0 spiro atoms. The first-order valence-electron chi connectivity index (χ1n) is 7.14. The summed E-state index contributed by atoms with van der Waals surface area (Å²) in [6.07, 6.45) is 1.04. The zero-order valence-electron chi connectivity index (χ0n) is 12.9. The highest BCUT2D eigenvalue weighted by atomic mass is 16.1. The van der Waals surface area contributed by atoms with E-state index in [1.807, 2.05) is 0 Å². The van der Waals surface area contributed by atoms with Crippen molar-refractivity contribution in [1.82, 2.24) is 15.5 Å². The molecular weight excluding hydrogens is 226 g/mol. The van der Waals surface area contributed by atoms with Crippen LogP contribution in [0.15, 0.2) is 0 Å². The Hall–Kier alpha value is -0.610. The van der Waals surface area contributed by atoms with Gasteiger partial charge in [0.1, 0.15) is 0 Å². The minimum Gasteiger partial charge on any atom is -0.354 e.